The Morgan fingerprint density at radius 1 is 0.865 bits per heavy atom. The lowest BCUT2D eigenvalue weighted by molar-refractivity contribution is -0.122. The molecule has 5 amide bonds. The molecule has 0 bridgehead atoms. The zero-order valence-electron chi connectivity index (χ0n) is 19.1. The number of rotatable bonds is 6. The quantitative estimate of drug-likeness (QED) is 0.392. The Balaban J connectivity index is 1.22. The summed E-state index contributed by atoms with van der Waals surface area (Å²) in [5, 5.41) is 2.18. The van der Waals surface area contributed by atoms with Crippen LogP contribution in [0.25, 0.3) is 6.08 Å². The lowest BCUT2D eigenvalue weighted by Gasteiger charge is -2.16. The summed E-state index contributed by atoms with van der Waals surface area (Å²) < 4.78 is 13.1. The van der Waals surface area contributed by atoms with Crippen molar-refractivity contribution in [2.75, 3.05) is 18.0 Å². The predicted octanol–water partition coefficient (Wildman–Crippen LogP) is 4.09. The summed E-state index contributed by atoms with van der Waals surface area (Å²) in [5.74, 6) is -2.33. The van der Waals surface area contributed by atoms with E-state index in [1.807, 2.05) is 0 Å². The highest BCUT2D eigenvalue weighted by molar-refractivity contribution is 8.18. The van der Waals surface area contributed by atoms with Gasteiger partial charge in [-0.05, 0) is 65.9 Å². The van der Waals surface area contributed by atoms with Gasteiger partial charge in [0.1, 0.15) is 5.82 Å². The summed E-state index contributed by atoms with van der Waals surface area (Å²) in [7, 11) is 0. The van der Waals surface area contributed by atoms with Crippen molar-refractivity contribution < 1.29 is 28.4 Å². The third-order valence-corrected chi connectivity index (χ3v) is 6.73. The molecule has 2 aliphatic rings. The van der Waals surface area contributed by atoms with E-state index in [9.17, 15) is 28.4 Å². The summed E-state index contributed by atoms with van der Waals surface area (Å²) >= 11 is 0.770. The number of thioether (sulfide) groups is 1. The second-order valence-electron chi connectivity index (χ2n) is 8.18. The van der Waals surface area contributed by atoms with E-state index in [2.05, 4.69) is 5.32 Å². The van der Waals surface area contributed by atoms with Crippen molar-refractivity contribution >= 4 is 52.4 Å². The lowest BCUT2D eigenvalue weighted by atomic mass is 10.1. The van der Waals surface area contributed by atoms with E-state index >= 15 is 0 Å². The number of benzene rings is 3. The molecular formula is C27H18FN3O5S. The molecule has 8 nitrogen and oxygen atoms in total. The van der Waals surface area contributed by atoms with Crippen molar-refractivity contribution in [2.45, 2.75) is 0 Å². The zero-order valence-corrected chi connectivity index (χ0v) is 20.0. The first-order valence-corrected chi connectivity index (χ1v) is 12.0. The Hall–Kier alpha value is -4.57. The maximum Gasteiger partial charge on any atom is 0.293 e. The van der Waals surface area contributed by atoms with Gasteiger partial charge in [-0.25, -0.2) is 9.29 Å². The first kappa shape index (κ1) is 24.1. The number of carbonyl (C=O) groups excluding carboxylic acids is 5. The maximum absolute atomic E-state index is 13.1. The second kappa shape index (κ2) is 9.82. The number of anilines is 1. The van der Waals surface area contributed by atoms with E-state index in [4.69, 9.17) is 0 Å². The van der Waals surface area contributed by atoms with Gasteiger partial charge in [0.15, 0.2) is 0 Å². The fourth-order valence-corrected chi connectivity index (χ4v) is 4.86. The van der Waals surface area contributed by atoms with Crippen LogP contribution in [0.5, 0.6) is 0 Å². The number of imide groups is 2. The van der Waals surface area contributed by atoms with E-state index in [-0.39, 0.29) is 29.2 Å². The van der Waals surface area contributed by atoms with Crippen molar-refractivity contribution in [2.24, 2.45) is 0 Å². The Morgan fingerprint density at radius 2 is 1.54 bits per heavy atom. The summed E-state index contributed by atoms with van der Waals surface area (Å²) in [6.45, 7) is -0.0484. The van der Waals surface area contributed by atoms with Gasteiger partial charge in [0, 0.05) is 18.7 Å². The van der Waals surface area contributed by atoms with E-state index in [1.165, 1.54) is 42.5 Å². The SMILES string of the molecule is O=C(NCCN1C(=O)SC(=Cc2ccc(F)cc2)C1=O)c1cccc(N2C(=O)c3ccccc3C2=O)c1. The van der Waals surface area contributed by atoms with Gasteiger partial charge in [0.25, 0.3) is 28.9 Å². The molecule has 1 saturated heterocycles. The van der Waals surface area contributed by atoms with Gasteiger partial charge in [0.05, 0.1) is 21.7 Å². The molecule has 0 atom stereocenters. The molecule has 3 aromatic carbocycles. The smallest absolute Gasteiger partial charge is 0.293 e. The van der Waals surface area contributed by atoms with Crippen LogP contribution in [-0.2, 0) is 4.79 Å². The highest BCUT2D eigenvalue weighted by Gasteiger charge is 2.37. The third kappa shape index (κ3) is 4.66. The van der Waals surface area contributed by atoms with Gasteiger partial charge in [0.2, 0.25) is 0 Å². The van der Waals surface area contributed by atoms with E-state index in [0.717, 1.165) is 21.6 Å². The molecule has 184 valence electrons. The van der Waals surface area contributed by atoms with Crippen molar-refractivity contribution in [1.82, 2.24) is 10.2 Å². The van der Waals surface area contributed by atoms with Crippen LogP contribution in [0.1, 0.15) is 36.6 Å². The molecule has 37 heavy (non-hydrogen) atoms. The number of hydrogen-bond donors (Lipinski definition) is 1. The van der Waals surface area contributed by atoms with Crippen LogP contribution in [0, 0.1) is 5.82 Å². The standard InChI is InChI=1S/C27H18FN3O5S/c28-18-10-8-16(9-11-18)14-22-26(35)30(27(36)37-22)13-12-29-23(32)17-4-3-5-19(15-17)31-24(33)20-6-1-2-7-21(20)25(31)34/h1-11,14-15H,12-13H2,(H,29,32). The Labute approximate surface area is 214 Å². The van der Waals surface area contributed by atoms with Crippen LogP contribution in [0.3, 0.4) is 0 Å². The van der Waals surface area contributed by atoms with Crippen LogP contribution in [0.15, 0.2) is 77.7 Å². The summed E-state index contributed by atoms with van der Waals surface area (Å²) in [5.41, 5.74) is 1.65. The van der Waals surface area contributed by atoms with E-state index < -0.39 is 34.7 Å². The first-order valence-electron chi connectivity index (χ1n) is 11.2. The fraction of sp³-hybridized carbons (Fsp3) is 0.0741. The molecule has 0 spiro atoms. The van der Waals surface area contributed by atoms with Crippen molar-refractivity contribution in [1.29, 1.82) is 0 Å². The topological polar surface area (TPSA) is 104 Å². The highest BCUT2D eigenvalue weighted by atomic mass is 32.2. The number of fused-ring (bicyclic) bond motifs is 1. The summed E-state index contributed by atoms with van der Waals surface area (Å²) in [6.07, 6.45) is 1.51. The molecular weight excluding hydrogens is 497 g/mol. The van der Waals surface area contributed by atoms with Gasteiger partial charge in [-0.3, -0.25) is 28.9 Å². The molecule has 5 rings (SSSR count). The second-order valence-corrected chi connectivity index (χ2v) is 9.18. The predicted molar refractivity (Wildman–Crippen MR) is 135 cm³/mol. The molecule has 0 unspecified atom stereocenters. The average Bonchev–Trinajstić information content (AvgIpc) is 3.32. The van der Waals surface area contributed by atoms with Gasteiger partial charge < -0.3 is 5.32 Å². The Kier molecular flexibility index (Phi) is 6.41. The van der Waals surface area contributed by atoms with Gasteiger partial charge in [-0.1, -0.05) is 30.3 Å². The molecule has 0 aromatic heterocycles. The minimum Gasteiger partial charge on any atom is -0.350 e. The molecule has 3 aromatic rings. The molecule has 1 N–H and O–H groups in total. The molecule has 0 radical (unpaired) electrons. The fourth-order valence-electron chi connectivity index (χ4n) is 4.00. The third-order valence-electron chi connectivity index (χ3n) is 5.82. The molecule has 0 aliphatic carbocycles. The minimum atomic E-state index is -0.499. The molecule has 1 fully saturated rings. The largest absolute Gasteiger partial charge is 0.350 e. The Morgan fingerprint density at radius 3 is 2.22 bits per heavy atom. The first-order chi connectivity index (χ1) is 17.8. The number of halogens is 1. The summed E-state index contributed by atoms with van der Waals surface area (Å²) in [6, 6.07) is 18.1. The molecule has 0 saturated carbocycles. The van der Waals surface area contributed by atoms with E-state index in [1.54, 1.807) is 36.4 Å². The highest BCUT2D eigenvalue weighted by Crippen LogP contribution is 2.32. The molecule has 10 heteroatoms. The van der Waals surface area contributed by atoms with Crippen molar-refractivity contribution in [3.63, 3.8) is 0 Å². The van der Waals surface area contributed by atoms with Crippen LogP contribution in [0.2, 0.25) is 0 Å². The lowest BCUT2D eigenvalue weighted by Crippen LogP contribution is -2.37. The number of hydrogen-bond acceptors (Lipinski definition) is 6. The van der Waals surface area contributed by atoms with Crippen LogP contribution in [-0.4, -0.2) is 46.9 Å². The number of nitrogens with one attached hydrogen (secondary N) is 1. The zero-order chi connectivity index (χ0) is 26.1. The molecule has 2 aliphatic heterocycles. The average molecular weight is 516 g/mol. The van der Waals surface area contributed by atoms with Gasteiger partial charge >= 0.3 is 0 Å². The summed E-state index contributed by atoms with van der Waals surface area (Å²) in [4.78, 5) is 65.4. The monoisotopic (exact) mass is 515 g/mol. The maximum atomic E-state index is 13.1. The van der Waals surface area contributed by atoms with Crippen molar-refractivity contribution in [3.8, 4) is 0 Å². The van der Waals surface area contributed by atoms with Crippen molar-refractivity contribution in [3.05, 3.63) is 106 Å². The van der Waals surface area contributed by atoms with Gasteiger partial charge in [-0.2, -0.15) is 0 Å². The number of nitrogens with zero attached hydrogens (tertiary/aromatic N) is 2. The normalized spacial score (nSPS) is 16.1. The molecule has 2 heterocycles. The van der Waals surface area contributed by atoms with Crippen LogP contribution in [0.4, 0.5) is 14.9 Å². The Bertz CT molecular complexity index is 1470. The van der Waals surface area contributed by atoms with E-state index in [0.29, 0.717) is 16.7 Å². The van der Waals surface area contributed by atoms with Crippen LogP contribution >= 0.6 is 11.8 Å². The van der Waals surface area contributed by atoms with Gasteiger partial charge in [-0.15, -0.1) is 0 Å². The number of carbonyl (C=O) groups is 5. The van der Waals surface area contributed by atoms with Crippen LogP contribution < -0.4 is 10.2 Å². The minimum absolute atomic E-state index is 0.00204. The number of amides is 5.